The maximum atomic E-state index is 5.90. The fraction of sp³-hybridized carbons (Fsp3) is 0.647. The van der Waals surface area contributed by atoms with Crippen LogP contribution < -0.4 is 16.0 Å². The molecule has 3 aliphatic rings. The minimum Gasteiger partial charge on any atom is -0.493 e. The summed E-state index contributed by atoms with van der Waals surface area (Å²) >= 11 is 3.63. The Morgan fingerprint density at radius 1 is 1.29 bits per heavy atom. The molecule has 1 aliphatic heterocycles. The van der Waals surface area contributed by atoms with Crippen LogP contribution in [0.5, 0.6) is 5.75 Å². The average Bonchev–Trinajstić information content (AvgIpc) is 3.02. The summed E-state index contributed by atoms with van der Waals surface area (Å²) < 4.78 is 7.02. The van der Waals surface area contributed by atoms with Gasteiger partial charge in [-0.2, -0.15) is 0 Å². The molecule has 4 heteroatoms. The minimum absolute atomic E-state index is 0.390. The van der Waals surface area contributed by atoms with Gasteiger partial charge in [0, 0.05) is 16.9 Å². The lowest BCUT2D eigenvalue weighted by Crippen LogP contribution is -2.39. The second-order valence-corrected chi connectivity index (χ2v) is 7.73. The van der Waals surface area contributed by atoms with Crippen LogP contribution in [-0.2, 0) is 12.8 Å². The maximum Gasteiger partial charge on any atom is 0.125 e. The molecule has 1 aromatic carbocycles. The molecule has 0 spiro atoms. The molecule has 2 fully saturated rings. The molecule has 2 aliphatic carbocycles. The fourth-order valence-corrected chi connectivity index (χ4v) is 5.24. The molecule has 114 valence electrons. The number of ether oxygens (including phenoxy) is 1. The van der Waals surface area contributed by atoms with Gasteiger partial charge in [0.25, 0.3) is 0 Å². The number of rotatable bonds is 4. The Hall–Kier alpha value is -0.580. The Kier molecular flexibility index (Phi) is 3.72. The van der Waals surface area contributed by atoms with E-state index in [-0.39, 0.29) is 0 Å². The molecule has 0 aromatic heterocycles. The second kappa shape index (κ2) is 5.56. The molecular weight excluding hydrogens is 328 g/mol. The predicted octanol–water partition coefficient (Wildman–Crippen LogP) is 3.19. The molecule has 3 nitrogen and oxygen atoms in total. The summed E-state index contributed by atoms with van der Waals surface area (Å²) in [6.07, 6.45) is 7.63. The smallest absolute Gasteiger partial charge is 0.125 e. The standard InChI is InChI=1S/C17H23BrN2O/c18-12-7-10-5-6-21-17(10)11(8-12)9-15(20-19)16-13-3-1-2-4-14(13)16/h7-8,13-16,20H,1-6,9,19H2. The topological polar surface area (TPSA) is 47.3 Å². The van der Waals surface area contributed by atoms with Crippen molar-refractivity contribution in [3.63, 3.8) is 0 Å². The quantitative estimate of drug-likeness (QED) is 0.647. The van der Waals surface area contributed by atoms with E-state index in [2.05, 4.69) is 33.5 Å². The third-order valence-corrected chi connectivity index (χ3v) is 6.12. The molecule has 1 heterocycles. The van der Waals surface area contributed by atoms with Gasteiger partial charge in [0.05, 0.1) is 6.61 Å². The summed E-state index contributed by atoms with van der Waals surface area (Å²) in [5.74, 6) is 9.62. The number of halogens is 1. The van der Waals surface area contributed by atoms with Gasteiger partial charge in [-0.15, -0.1) is 0 Å². The predicted molar refractivity (Wildman–Crippen MR) is 87.1 cm³/mol. The number of hydrogen-bond acceptors (Lipinski definition) is 3. The van der Waals surface area contributed by atoms with Crippen LogP contribution in [0.3, 0.4) is 0 Å². The van der Waals surface area contributed by atoms with E-state index in [1.54, 1.807) is 0 Å². The van der Waals surface area contributed by atoms with Crippen LogP contribution in [0.25, 0.3) is 0 Å². The van der Waals surface area contributed by atoms with Gasteiger partial charge in [-0.25, -0.2) is 0 Å². The highest BCUT2D eigenvalue weighted by Crippen LogP contribution is 2.57. The van der Waals surface area contributed by atoms with Gasteiger partial charge in [-0.05, 0) is 60.3 Å². The first-order valence-corrected chi connectivity index (χ1v) is 8.97. The van der Waals surface area contributed by atoms with Gasteiger partial charge in [0.15, 0.2) is 0 Å². The number of fused-ring (bicyclic) bond motifs is 2. The van der Waals surface area contributed by atoms with Gasteiger partial charge < -0.3 is 4.74 Å². The SMILES string of the molecule is NNC(Cc1cc(Br)cc2c1OCC2)C1C2CCCCC21. The molecule has 3 N–H and O–H groups in total. The van der Waals surface area contributed by atoms with Gasteiger partial charge in [-0.3, -0.25) is 11.3 Å². The van der Waals surface area contributed by atoms with Crippen molar-refractivity contribution in [2.75, 3.05) is 6.61 Å². The van der Waals surface area contributed by atoms with Crippen molar-refractivity contribution in [3.05, 3.63) is 27.7 Å². The number of nitrogens with one attached hydrogen (secondary N) is 1. The monoisotopic (exact) mass is 350 g/mol. The van der Waals surface area contributed by atoms with Gasteiger partial charge in [-0.1, -0.05) is 28.8 Å². The molecule has 21 heavy (non-hydrogen) atoms. The molecule has 2 saturated carbocycles. The third-order valence-electron chi connectivity index (χ3n) is 5.67. The zero-order valence-corrected chi connectivity index (χ0v) is 13.9. The van der Waals surface area contributed by atoms with E-state index in [0.29, 0.717) is 6.04 Å². The fourth-order valence-electron chi connectivity index (χ4n) is 4.69. The highest BCUT2D eigenvalue weighted by molar-refractivity contribution is 9.10. The lowest BCUT2D eigenvalue weighted by molar-refractivity contribution is 0.349. The van der Waals surface area contributed by atoms with Crippen LogP contribution in [-0.4, -0.2) is 12.6 Å². The van der Waals surface area contributed by atoms with Crippen molar-refractivity contribution in [2.45, 2.75) is 44.6 Å². The van der Waals surface area contributed by atoms with E-state index in [9.17, 15) is 0 Å². The summed E-state index contributed by atoms with van der Waals surface area (Å²) in [6, 6.07) is 4.79. The molecule has 0 amide bonds. The van der Waals surface area contributed by atoms with E-state index in [1.165, 1.54) is 36.8 Å². The Bertz CT molecular complexity index is 536. The molecule has 1 aromatic rings. The van der Waals surface area contributed by atoms with Crippen LogP contribution in [0.2, 0.25) is 0 Å². The number of hydrazine groups is 1. The maximum absolute atomic E-state index is 5.90. The highest BCUT2D eigenvalue weighted by Gasteiger charge is 2.53. The zero-order chi connectivity index (χ0) is 14.4. The average molecular weight is 351 g/mol. The van der Waals surface area contributed by atoms with Crippen LogP contribution in [0.1, 0.15) is 36.8 Å². The Labute approximate surface area is 134 Å². The lowest BCUT2D eigenvalue weighted by Gasteiger charge is -2.18. The van der Waals surface area contributed by atoms with Crippen molar-refractivity contribution in [3.8, 4) is 5.75 Å². The van der Waals surface area contributed by atoms with Crippen LogP contribution >= 0.6 is 15.9 Å². The van der Waals surface area contributed by atoms with Crippen molar-refractivity contribution in [2.24, 2.45) is 23.6 Å². The van der Waals surface area contributed by atoms with E-state index in [1.807, 2.05) is 0 Å². The normalized spacial score (nSPS) is 31.2. The molecule has 0 saturated heterocycles. The van der Waals surface area contributed by atoms with Crippen molar-refractivity contribution in [1.29, 1.82) is 0 Å². The first-order valence-electron chi connectivity index (χ1n) is 8.18. The number of hydrogen-bond donors (Lipinski definition) is 2. The van der Waals surface area contributed by atoms with E-state index >= 15 is 0 Å². The molecule has 0 radical (unpaired) electrons. The highest BCUT2D eigenvalue weighted by atomic mass is 79.9. The number of nitrogens with two attached hydrogens (primary N) is 1. The molecule has 4 rings (SSSR count). The first-order chi connectivity index (χ1) is 10.3. The lowest BCUT2D eigenvalue weighted by atomic mass is 9.98. The first kappa shape index (κ1) is 14.0. The van der Waals surface area contributed by atoms with Gasteiger partial charge >= 0.3 is 0 Å². The summed E-state index contributed by atoms with van der Waals surface area (Å²) in [5.41, 5.74) is 5.75. The molecular formula is C17H23BrN2O. The van der Waals surface area contributed by atoms with E-state index in [0.717, 1.165) is 47.4 Å². The minimum atomic E-state index is 0.390. The summed E-state index contributed by atoms with van der Waals surface area (Å²) in [4.78, 5) is 0. The van der Waals surface area contributed by atoms with Crippen LogP contribution in [0, 0.1) is 17.8 Å². The Morgan fingerprint density at radius 2 is 2.05 bits per heavy atom. The van der Waals surface area contributed by atoms with E-state index < -0.39 is 0 Å². The van der Waals surface area contributed by atoms with Crippen LogP contribution in [0.15, 0.2) is 16.6 Å². The Balaban J connectivity index is 1.55. The molecule has 0 bridgehead atoms. The number of benzene rings is 1. The second-order valence-electron chi connectivity index (χ2n) is 6.82. The molecule has 3 atom stereocenters. The van der Waals surface area contributed by atoms with Gasteiger partial charge in [0.1, 0.15) is 5.75 Å². The zero-order valence-electron chi connectivity index (χ0n) is 12.3. The van der Waals surface area contributed by atoms with E-state index in [4.69, 9.17) is 10.6 Å². The van der Waals surface area contributed by atoms with Gasteiger partial charge in [0.2, 0.25) is 0 Å². The summed E-state index contributed by atoms with van der Waals surface area (Å²) in [5, 5.41) is 0. The van der Waals surface area contributed by atoms with Crippen molar-refractivity contribution < 1.29 is 4.74 Å². The summed E-state index contributed by atoms with van der Waals surface area (Å²) in [7, 11) is 0. The summed E-state index contributed by atoms with van der Waals surface area (Å²) in [6.45, 7) is 0.814. The largest absolute Gasteiger partial charge is 0.493 e. The Morgan fingerprint density at radius 3 is 2.76 bits per heavy atom. The van der Waals surface area contributed by atoms with Crippen LogP contribution in [0.4, 0.5) is 0 Å². The molecule has 3 unspecified atom stereocenters. The van der Waals surface area contributed by atoms with Crippen molar-refractivity contribution >= 4 is 15.9 Å². The third kappa shape index (κ3) is 2.51. The van der Waals surface area contributed by atoms with Crippen molar-refractivity contribution in [1.82, 2.24) is 5.43 Å².